The molecule has 0 fully saturated rings. The molecule has 3 aromatic rings. The number of nitrogens with one attached hydrogen (secondary N) is 1. The van der Waals surface area contributed by atoms with Crippen LogP contribution in [0.25, 0.3) is 11.5 Å². The normalized spacial score (nSPS) is 10.8. The summed E-state index contributed by atoms with van der Waals surface area (Å²) in [6.07, 6.45) is 0. The summed E-state index contributed by atoms with van der Waals surface area (Å²) in [5, 5.41) is 11.9. The lowest BCUT2D eigenvalue weighted by Gasteiger charge is -2.08. The van der Waals surface area contributed by atoms with Gasteiger partial charge in [-0.1, -0.05) is 46.6 Å². The van der Waals surface area contributed by atoms with Gasteiger partial charge in [0, 0.05) is 16.3 Å². The first kappa shape index (κ1) is 18.5. The van der Waals surface area contributed by atoms with Crippen molar-refractivity contribution in [2.75, 3.05) is 11.1 Å². The molecule has 7 heteroatoms. The Morgan fingerprint density at radius 1 is 1.15 bits per heavy atom. The fourth-order valence-corrected chi connectivity index (χ4v) is 3.28. The summed E-state index contributed by atoms with van der Waals surface area (Å²) >= 11 is 7.26. The number of carbonyl (C=O) groups excluding carboxylic acids is 1. The molecule has 0 bridgehead atoms. The molecule has 3 rings (SSSR count). The summed E-state index contributed by atoms with van der Waals surface area (Å²) in [6.45, 7) is 5.90. The molecule has 134 valence electrons. The Labute approximate surface area is 161 Å². The molecule has 2 aromatic carbocycles. The predicted octanol–water partition coefficient (Wildman–Crippen LogP) is 5.05. The maximum Gasteiger partial charge on any atom is 0.277 e. The Bertz CT molecular complexity index is 935. The zero-order chi connectivity index (χ0) is 18.7. The summed E-state index contributed by atoms with van der Waals surface area (Å²) in [5.74, 6) is 0.456. The van der Waals surface area contributed by atoms with Crippen LogP contribution in [0, 0.1) is 20.8 Å². The van der Waals surface area contributed by atoms with Gasteiger partial charge in [0.05, 0.1) is 5.75 Å². The first-order chi connectivity index (χ1) is 12.4. The highest BCUT2D eigenvalue weighted by atomic mass is 35.5. The number of anilines is 1. The van der Waals surface area contributed by atoms with Gasteiger partial charge in [-0.25, -0.2) is 0 Å². The molecule has 5 nitrogen and oxygen atoms in total. The van der Waals surface area contributed by atoms with Crippen LogP contribution in [0.3, 0.4) is 0 Å². The fourth-order valence-electron chi connectivity index (χ4n) is 2.54. The van der Waals surface area contributed by atoms with E-state index in [0.29, 0.717) is 21.8 Å². The molecule has 1 N–H and O–H groups in total. The van der Waals surface area contributed by atoms with Crippen LogP contribution in [0.5, 0.6) is 0 Å². The lowest BCUT2D eigenvalue weighted by Crippen LogP contribution is -2.14. The lowest BCUT2D eigenvalue weighted by atomic mass is 10.1. The number of thioether (sulfide) groups is 1. The molecule has 0 saturated heterocycles. The van der Waals surface area contributed by atoms with Crippen LogP contribution < -0.4 is 5.32 Å². The largest absolute Gasteiger partial charge is 0.411 e. The van der Waals surface area contributed by atoms with Crippen molar-refractivity contribution in [2.24, 2.45) is 0 Å². The average molecular weight is 388 g/mol. The topological polar surface area (TPSA) is 68.0 Å². The third-order valence-electron chi connectivity index (χ3n) is 3.74. The number of carbonyl (C=O) groups is 1. The second-order valence-electron chi connectivity index (χ2n) is 6.00. The zero-order valence-electron chi connectivity index (χ0n) is 14.7. The van der Waals surface area contributed by atoms with Crippen LogP contribution in [0.1, 0.15) is 16.7 Å². The molecular formula is C19H18ClN3O2S. The van der Waals surface area contributed by atoms with Crippen molar-refractivity contribution in [1.82, 2.24) is 10.2 Å². The molecule has 1 amide bonds. The van der Waals surface area contributed by atoms with Crippen LogP contribution >= 0.6 is 23.4 Å². The van der Waals surface area contributed by atoms with Crippen LogP contribution in [0.15, 0.2) is 46.0 Å². The van der Waals surface area contributed by atoms with Crippen molar-refractivity contribution in [3.8, 4) is 11.5 Å². The van der Waals surface area contributed by atoms with Crippen molar-refractivity contribution in [2.45, 2.75) is 26.0 Å². The van der Waals surface area contributed by atoms with Gasteiger partial charge in [-0.3, -0.25) is 4.79 Å². The SMILES string of the molecule is Cc1cc(C)cc(-c2nnc(SCC(=O)Nc3cccc(Cl)c3C)o2)c1. The van der Waals surface area contributed by atoms with Crippen molar-refractivity contribution >= 4 is 35.0 Å². The van der Waals surface area contributed by atoms with Crippen molar-refractivity contribution in [1.29, 1.82) is 0 Å². The van der Waals surface area contributed by atoms with E-state index >= 15 is 0 Å². The highest BCUT2D eigenvalue weighted by Gasteiger charge is 2.13. The lowest BCUT2D eigenvalue weighted by molar-refractivity contribution is -0.113. The van der Waals surface area contributed by atoms with Gasteiger partial charge in [-0.05, 0) is 50.6 Å². The Kier molecular flexibility index (Phi) is 5.64. The van der Waals surface area contributed by atoms with Crippen LogP contribution in [0.2, 0.25) is 5.02 Å². The van der Waals surface area contributed by atoms with Crippen molar-refractivity contribution in [3.05, 3.63) is 58.1 Å². The van der Waals surface area contributed by atoms with Gasteiger partial charge in [-0.15, -0.1) is 10.2 Å². The van der Waals surface area contributed by atoms with Crippen LogP contribution in [0.4, 0.5) is 5.69 Å². The second-order valence-corrected chi connectivity index (χ2v) is 7.33. The van der Waals surface area contributed by atoms with Gasteiger partial charge in [0.2, 0.25) is 11.8 Å². The summed E-state index contributed by atoms with van der Waals surface area (Å²) in [5.41, 5.74) is 4.67. The Morgan fingerprint density at radius 2 is 1.88 bits per heavy atom. The molecule has 1 aromatic heterocycles. The molecule has 0 spiro atoms. The van der Waals surface area contributed by atoms with E-state index in [2.05, 4.69) is 21.6 Å². The number of hydrogen-bond acceptors (Lipinski definition) is 5. The first-order valence-corrected chi connectivity index (χ1v) is 9.38. The van der Waals surface area contributed by atoms with E-state index in [-0.39, 0.29) is 11.7 Å². The molecule has 0 aliphatic carbocycles. The number of benzene rings is 2. The number of halogens is 1. The average Bonchev–Trinajstić information content (AvgIpc) is 3.05. The van der Waals surface area contributed by atoms with Gasteiger partial charge in [0.1, 0.15) is 0 Å². The number of aryl methyl sites for hydroxylation is 2. The molecule has 0 unspecified atom stereocenters. The number of aromatic nitrogens is 2. The molecule has 1 heterocycles. The monoisotopic (exact) mass is 387 g/mol. The number of rotatable bonds is 5. The van der Waals surface area contributed by atoms with Crippen molar-refractivity contribution < 1.29 is 9.21 Å². The standard InChI is InChI=1S/C19H18ClN3O2S/c1-11-7-12(2)9-14(8-11)18-22-23-19(25-18)26-10-17(24)21-16-6-4-5-15(20)13(16)3/h4-9H,10H2,1-3H3,(H,21,24). The van der Waals surface area contributed by atoms with E-state index < -0.39 is 0 Å². The zero-order valence-corrected chi connectivity index (χ0v) is 16.2. The van der Waals surface area contributed by atoms with Crippen molar-refractivity contribution in [3.63, 3.8) is 0 Å². The molecule has 0 atom stereocenters. The van der Waals surface area contributed by atoms with E-state index in [1.165, 1.54) is 11.8 Å². The third kappa shape index (κ3) is 4.45. The van der Waals surface area contributed by atoms with E-state index in [0.717, 1.165) is 22.3 Å². The van der Waals surface area contributed by atoms with E-state index in [4.69, 9.17) is 16.0 Å². The maximum absolute atomic E-state index is 12.2. The van der Waals surface area contributed by atoms with Crippen LogP contribution in [-0.2, 0) is 4.79 Å². The Morgan fingerprint density at radius 3 is 2.62 bits per heavy atom. The summed E-state index contributed by atoms with van der Waals surface area (Å²) in [7, 11) is 0. The second kappa shape index (κ2) is 7.93. The molecular weight excluding hydrogens is 370 g/mol. The maximum atomic E-state index is 12.2. The summed E-state index contributed by atoms with van der Waals surface area (Å²) in [6, 6.07) is 11.5. The minimum atomic E-state index is -0.161. The van der Waals surface area contributed by atoms with Gasteiger partial charge in [0.15, 0.2) is 0 Å². The minimum Gasteiger partial charge on any atom is -0.411 e. The Balaban J connectivity index is 1.62. The van der Waals surface area contributed by atoms with Crippen LogP contribution in [-0.4, -0.2) is 21.9 Å². The predicted molar refractivity (Wildman–Crippen MR) is 105 cm³/mol. The number of hydrogen-bond donors (Lipinski definition) is 1. The first-order valence-electron chi connectivity index (χ1n) is 8.02. The minimum absolute atomic E-state index is 0.161. The molecule has 0 radical (unpaired) electrons. The molecule has 0 saturated carbocycles. The number of nitrogens with zero attached hydrogens (tertiary/aromatic N) is 2. The quantitative estimate of drug-likeness (QED) is 0.620. The summed E-state index contributed by atoms with van der Waals surface area (Å²) in [4.78, 5) is 12.2. The van der Waals surface area contributed by atoms with Gasteiger partial charge in [0.25, 0.3) is 5.22 Å². The van der Waals surface area contributed by atoms with E-state index in [1.54, 1.807) is 12.1 Å². The molecule has 26 heavy (non-hydrogen) atoms. The summed E-state index contributed by atoms with van der Waals surface area (Å²) < 4.78 is 5.66. The molecule has 0 aliphatic heterocycles. The van der Waals surface area contributed by atoms with Gasteiger partial charge >= 0.3 is 0 Å². The highest BCUT2D eigenvalue weighted by Crippen LogP contribution is 2.26. The van der Waals surface area contributed by atoms with E-state index in [1.807, 2.05) is 39.0 Å². The number of amides is 1. The fraction of sp³-hybridized carbons (Fsp3) is 0.211. The van der Waals surface area contributed by atoms with E-state index in [9.17, 15) is 4.79 Å². The van der Waals surface area contributed by atoms with Gasteiger partial charge in [-0.2, -0.15) is 0 Å². The third-order valence-corrected chi connectivity index (χ3v) is 4.97. The van der Waals surface area contributed by atoms with Gasteiger partial charge < -0.3 is 9.73 Å². The Hall–Kier alpha value is -2.31. The molecule has 0 aliphatic rings. The smallest absolute Gasteiger partial charge is 0.277 e. The highest BCUT2D eigenvalue weighted by molar-refractivity contribution is 7.99.